The summed E-state index contributed by atoms with van der Waals surface area (Å²) in [4.78, 5) is 21.8. The lowest BCUT2D eigenvalue weighted by Crippen LogP contribution is -2.17. The van der Waals surface area contributed by atoms with Crippen LogP contribution in [0.4, 0.5) is 8.78 Å². The van der Waals surface area contributed by atoms with Crippen molar-refractivity contribution in [3.05, 3.63) is 51.6 Å². The predicted octanol–water partition coefficient (Wildman–Crippen LogP) is 4.33. The van der Waals surface area contributed by atoms with Gasteiger partial charge in [0, 0.05) is 15.7 Å². The van der Waals surface area contributed by atoms with Crippen LogP contribution in [0, 0.1) is 17.0 Å². The van der Waals surface area contributed by atoms with Gasteiger partial charge in [-0.1, -0.05) is 18.2 Å². The topological polar surface area (TPSA) is 103 Å². The molecule has 0 radical (unpaired) electrons. The van der Waals surface area contributed by atoms with Gasteiger partial charge in [0.2, 0.25) is 6.54 Å². The largest absolute Gasteiger partial charge is 0.481 e. The highest BCUT2D eigenvalue weighted by Crippen LogP contribution is 2.42. The van der Waals surface area contributed by atoms with Gasteiger partial charge in [0.1, 0.15) is 5.58 Å². The number of halogens is 2. The second-order valence-corrected chi connectivity index (χ2v) is 6.10. The van der Waals surface area contributed by atoms with E-state index in [-0.39, 0.29) is 11.3 Å². The fourth-order valence-corrected chi connectivity index (χ4v) is 3.38. The molecule has 1 atom stereocenters. The highest BCUT2D eigenvalue weighted by Gasteiger charge is 2.29. The quantitative estimate of drug-likeness (QED) is 0.484. The summed E-state index contributed by atoms with van der Waals surface area (Å²) in [6.45, 7) is -2.12. The molecule has 0 saturated carbocycles. The van der Waals surface area contributed by atoms with Crippen LogP contribution in [0.3, 0.4) is 0 Å². The number of hydrogen-bond donors (Lipinski definition) is 1. The summed E-state index contributed by atoms with van der Waals surface area (Å²) in [5, 5.41) is 21.2. The second kappa shape index (κ2) is 7.18. The number of ether oxygens (including phenoxy) is 1. The van der Waals surface area contributed by atoms with Crippen LogP contribution in [0.1, 0.15) is 23.5 Å². The third-order valence-electron chi connectivity index (χ3n) is 4.28. The zero-order valence-electron chi connectivity index (χ0n) is 14.1. The van der Waals surface area contributed by atoms with E-state index in [1.807, 2.05) is 0 Å². The molecule has 7 nitrogen and oxygen atoms in total. The minimum Gasteiger partial charge on any atom is -0.481 e. The summed E-state index contributed by atoms with van der Waals surface area (Å²) in [7, 11) is 0. The van der Waals surface area contributed by atoms with E-state index in [9.17, 15) is 28.8 Å². The Morgan fingerprint density at radius 2 is 2.07 bits per heavy atom. The number of benzene rings is 2. The number of carboxylic acid groups (broad SMARTS) is 1. The Labute approximate surface area is 151 Å². The van der Waals surface area contributed by atoms with Gasteiger partial charge >= 0.3 is 12.6 Å². The number of alkyl halides is 2. The van der Waals surface area contributed by atoms with E-state index in [1.54, 1.807) is 31.2 Å². The zero-order chi connectivity index (χ0) is 19.7. The van der Waals surface area contributed by atoms with E-state index in [0.717, 1.165) is 0 Å². The van der Waals surface area contributed by atoms with Gasteiger partial charge in [0.15, 0.2) is 11.3 Å². The summed E-state index contributed by atoms with van der Waals surface area (Å²) < 4.78 is 35.8. The molecule has 1 unspecified atom stereocenters. The molecular weight excluding hydrogens is 364 g/mol. The Morgan fingerprint density at radius 3 is 2.70 bits per heavy atom. The molecule has 1 aromatic heterocycles. The van der Waals surface area contributed by atoms with Crippen molar-refractivity contribution in [2.24, 2.45) is 0 Å². The van der Waals surface area contributed by atoms with Crippen molar-refractivity contribution in [3.63, 3.8) is 0 Å². The summed E-state index contributed by atoms with van der Waals surface area (Å²) in [5.41, 5.74) is 1.19. The van der Waals surface area contributed by atoms with Crippen LogP contribution in [-0.4, -0.2) is 29.2 Å². The first kappa shape index (κ1) is 18.6. The number of furan rings is 1. The van der Waals surface area contributed by atoms with Crippen LogP contribution >= 0.6 is 0 Å². The summed E-state index contributed by atoms with van der Waals surface area (Å²) >= 11 is 0. The molecule has 1 N–H and O–H groups in total. The fraction of sp³-hybridized carbons (Fsp3) is 0.278. The minimum atomic E-state index is -3.08. The van der Waals surface area contributed by atoms with E-state index in [4.69, 9.17) is 4.42 Å². The molecule has 0 aliphatic carbocycles. The lowest BCUT2D eigenvalue weighted by molar-refractivity contribution is -0.483. The number of nitrogens with zero attached hydrogens (tertiary/aromatic N) is 1. The van der Waals surface area contributed by atoms with Crippen molar-refractivity contribution in [2.45, 2.75) is 25.9 Å². The van der Waals surface area contributed by atoms with Gasteiger partial charge in [-0.05, 0) is 30.2 Å². The van der Waals surface area contributed by atoms with Gasteiger partial charge in [-0.15, -0.1) is 0 Å². The van der Waals surface area contributed by atoms with Crippen LogP contribution in [0.25, 0.3) is 21.9 Å². The van der Waals surface area contributed by atoms with Crippen molar-refractivity contribution < 1.29 is 32.8 Å². The average Bonchev–Trinajstić information content (AvgIpc) is 2.93. The summed E-state index contributed by atoms with van der Waals surface area (Å²) in [6, 6.07) is 7.99. The summed E-state index contributed by atoms with van der Waals surface area (Å²) in [6.07, 6.45) is -0.481. The maximum Gasteiger partial charge on any atom is 0.387 e. The van der Waals surface area contributed by atoms with Gasteiger partial charge in [-0.2, -0.15) is 8.78 Å². The number of rotatable bonds is 7. The van der Waals surface area contributed by atoms with E-state index in [1.165, 1.54) is 6.07 Å². The first-order valence-electron chi connectivity index (χ1n) is 8.01. The number of carbonyl (C=O) groups is 1. The van der Waals surface area contributed by atoms with Gasteiger partial charge in [-0.3, -0.25) is 14.9 Å². The lowest BCUT2D eigenvalue weighted by Gasteiger charge is -2.17. The van der Waals surface area contributed by atoms with Crippen molar-refractivity contribution in [3.8, 4) is 5.75 Å². The molecule has 0 spiro atoms. The zero-order valence-corrected chi connectivity index (χ0v) is 14.1. The van der Waals surface area contributed by atoms with Crippen molar-refractivity contribution in [1.82, 2.24) is 0 Å². The molecule has 0 aliphatic rings. The van der Waals surface area contributed by atoms with Crippen LogP contribution in [-0.2, 0) is 4.79 Å². The molecule has 0 fully saturated rings. The third kappa shape index (κ3) is 3.67. The highest BCUT2D eigenvalue weighted by molar-refractivity contribution is 6.09. The van der Waals surface area contributed by atoms with Crippen LogP contribution < -0.4 is 4.74 Å². The Bertz CT molecular complexity index is 1010. The van der Waals surface area contributed by atoms with Crippen molar-refractivity contribution in [1.29, 1.82) is 0 Å². The Morgan fingerprint density at radius 1 is 1.37 bits per heavy atom. The molecule has 142 valence electrons. The molecule has 0 amide bonds. The van der Waals surface area contributed by atoms with E-state index in [0.29, 0.717) is 27.5 Å². The first-order chi connectivity index (χ1) is 12.8. The molecule has 9 heteroatoms. The maximum atomic E-state index is 12.8. The molecule has 27 heavy (non-hydrogen) atoms. The molecular formula is C18H15F2NO6. The monoisotopic (exact) mass is 379 g/mol. The molecule has 1 heterocycles. The van der Waals surface area contributed by atoms with Crippen molar-refractivity contribution in [2.75, 3.05) is 6.54 Å². The van der Waals surface area contributed by atoms with Gasteiger partial charge in [0.05, 0.1) is 12.3 Å². The van der Waals surface area contributed by atoms with E-state index < -0.39 is 36.4 Å². The molecule has 0 saturated heterocycles. The number of nitro groups is 1. The highest BCUT2D eigenvalue weighted by atomic mass is 19.3. The van der Waals surface area contributed by atoms with Gasteiger partial charge in [-0.25, -0.2) is 0 Å². The van der Waals surface area contributed by atoms with Gasteiger partial charge in [0.25, 0.3) is 0 Å². The minimum absolute atomic E-state index is 0.0100. The third-order valence-corrected chi connectivity index (χ3v) is 4.28. The van der Waals surface area contributed by atoms with E-state index >= 15 is 0 Å². The van der Waals surface area contributed by atoms with Crippen LogP contribution in [0.15, 0.2) is 34.7 Å². The van der Waals surface area contributed by atoms with Crippen molar-refractivity contribution >= 4 is 27.9 Å². The van der Waals surface area contributed by atoms with E-state index in [2.05, 4.69) is 4.74 Å². The van der Waals surface area contributed by atoms with Gasteiger partial charge < -0.3 is 14.3 Å². The number of fused-ring (bicyclic) bond motifs is 3. The Balaban J connectivity index is 2.35. The summed E-state index contributed by atoms with van der Waals surface area (Å²) in [5.74, 6) is -2.36. The smallest absolute Gasteiger partial charge is 0.387 e. The SMILES string of the molecule is Cc1cc(OC(F)F)c2oc3ccccc3c2c1C(CC(=O)O)C[N+](=O)[O-]. The Hall–Kier alpha value is -3.23. The molecule has 2 aromatic carbocycles. The second-order valence-electron chi connectivity index (χ2n) is 6.10. The predicted molar refractivity (Wildman–Crippen MR) is 91.9 cm³/mol. The Kier molecular flexibility index (Phi) is 4.93. The molecule has 3 aromatic rings. The van der Waals surface area contributed by atoms with Crippen LogP contribution in [0.5, 0.6) is 5.75 Å². The van der Waals surface area contributed by atoms with Crippen LogP contribution in [0.2, 0.25) is 0 Å². The molecule has 0 aliphatic heterocycles. The normalized spacial score (nSPS) is 12.6. The number of hydrogen-bond acceptors (Lipinski definition) is 5. The number of aryl methyl sites for hydroxylation is 1. The standard InChI is InChI=1S/C18H15F2NO6/c1-9-6-13(27-18(19)20)17-16(11-4-2-3-5-12(11)26-17)15(9)10(7-14(22)23)8-21(24)25/h2-6,10,18H,7-8H2,1H3,(H,22,23). The fourth-order valence-electron chi connectivity index (χ4n) is 3.38. The number of aliphatic carboxylic acids is 1. The number of carboxylic acids is 1. The number of para-hydroxylation sites is 1. The molecule has 0 bridgehead atoms. The molecule has 3 rings (SSSR count). The lowest BCUT2D eigenvalue weighted by atomic mass is 9.88. The maximum absolute atomic E-state index is 12.8. The average molecular weight is 379 g/mol. The first-order valence-corrected chi connectivity index (χ1v) is 8.01.